The lowest BCUT2D eigenvalue weighted by Gasteiger charge is -2.20. The molecule has 0 amide bonds. The van der Waals surface area contributed by atoms with E-state index in [0.29, 0.717) is 0 Å². The minimum Gasteiger partial charge on any atom is -0.310 e. The van der Waals surface area contributed by atoms with Gasteiger partial charge in [-0.25, -0.2) is 0 Å². The van der Waals surface area contributed by atoms with E-state index < -0.39 is 0 Å². The first-order valence-corrected chi connectivity index (χ1v) is 21.0. The smallest absolute Gasteiger partial charge is 0.0541 e. The van der Waals surface area contributed by atoms with Crippen molar-refractivity contribution in [1.82, 2.24) is 9.13 Å². The van der Waals surface area contributed by atoms with Crippen LogP contribution < -0.4 is 0 Å². The summed E-state index contributed by atoms with van der Waals surface area (Å²) < 4.78 is 4.87. The number of benzene rings is 9. The summed E-state index contributed by atoms with van der Waals surface area (Å²) >= 11 is 0. The lowest BCUT2D eigenvalue weighted by Crippen LogP contribution is -2.07. The number of rotatable bonds is 5. The Balaban J connectivity index is 0.852. The molecule has 2 aliphatic carbocycles. The molecule has 60 heavy (non-hydrogen) atoms. The maximum Gasteiger partial charge on any atom is 0.0541 e. The van der Waals surface area contributed by atoms with Crippen molar-refractivity contribution in [3.63, 3.8) is 0 Å². The third-order valence-electron chi connectivity index (χ3n) is 13.3. The molecule has 0 N–H and O–H groups in total. The first-order chi connectivity index (χ1) is 29.8. The van der Waals surface area contributed by atoms with Crippen molar-refractivity contribution in [1.29, 1.82) is 0 Å². The molecule has 2 heterocycles. The van der Waals surface area contributed by atoms with E-state index in [1.165, 1.54) is 116 Å². The van der Waals surface area contributed by atoms with Crippen molar-refractivity contribution in [2.45, 2.75) is 12.3 Å². The molecule has 0 saturated heterocycles. The largest absolute Gasteiger partial charge is 0.310 e. The summed E-state index contributed by atoms with van der Waals surface area (Å²) in [5, 5.41) is 6.59. The zero-order chi connectivity index (χ0) is 39.3. The fraction of sp³-hybridized carbons (Fsp3) is 0.0345. The molecule has 0 saturated carbocycles. The standard InChI is InChI=1S/C58H38N2/c1-2-13-42(14-3-1)59-54-22-8-6-18-47(54)52-35-40(28-32-56(52)59)41-29-33-57-53(36-41)48-19-7-9-23-55(48)60(57)43-15-10-12-39(34-43)37-24-26-38(27-25-37)44-30-31-51-46-17-5-4-16-45(46)50-21-11-20-49(44)58(50)51/h1-35,41H,36H2. The van der Waals surface area contributed by atoms with E-state index in [1.54, 1.807) is 0 Å². The van der Waals surface area contributed by atoms with E-state index in [4.69, 9.17) is 0 Å². The van der Waals surface area contributed by atoms with E-state index in [1.807, 2.05) is 0 Å². The second-order valence-electron chi connectivity index (χ2n) is 16.4. The minimum atomic E-state index is 0.276. The van der Waals surface area contributed by atoms with Crippen LogP contribution in [0.4, 0.5) is 0 Å². The van der Waals surface area contributed by atoms with Crippen LogP contribution in [0.25, 0.3) is 105 Å². The van der Waals surface area contributed by atoms with Crippen LogP contribution in [0.3, 0.4) is 0 Å². The first-order valence-electron chi connectivity index (χ1n) is 21.0. The summed E-state index contributed by atoms with van der Waals surface area (Å²) in [6.45, 7) is 0. The number of hydrogen-bond acceptors (Lipinski definition) is 0. The van der Waals surface area contributed by atoms with Gasteiger partial charge in [-0.3, -0.25) is 0 Å². The van der Waals surface area contributed by atoms with Gasteiger partial charge < -0.3 is 9.13 Å². The molecule has 0 bridgehead atoms. The molecule has 11 aromatic rings. The van der Waals surface area contributed by atoms with Crippen molar-refractivity contribution in [2.24, 2.45) is 0 Å². The Kier molecular flexibility index (Phi) is 7.17. The van der Waals surface area contributed by atoms with Gasteiger partial charge in [0.1, 0.15) is 0 Å². The highest BCUT2D eigenvalue weighted by molar-refractivity contribution is 6.18. The minimum absolute atomic E-state index is 0.276. The number of allylic oxidation sites excluding steroid dienone is 1. The zero-order valence-corrected chi connectivity index (χ0v) is 32.9. The van der Waals surface area contributed by atoms with E-state index in [0.717, 1.165) is 6.42 Å². The second kappa shape index (κ2) is 12.9. The number of fused-ring (bicyclic) bond motifs is 9. The molecule has 0 aliphatic heterocycles. The van der Waals surface area contributed by atoms with Crippen LogP contribution in [0.15, 0.2) is 206 Å². The van der Waals surface area contributed by atoms with Crippen molar-refractivity contribution in [3.8, 4) is 55.9 Å². The molecule has 13 rings (SSSR count). The van der Waals surface area contributed by atoms with Crippen molar-refractivity contribution < 1.29 is 0 Å². The quantitative estimate of drug-likeness (QED) is 0.165. The molecule has 2 aliphatic rings. The van der Waals surface area contributed by atoms with Crippen LogP contribution in [0.5, 0.6) is 0 Å². The van der Waals surface area contributed by atoms with E-state index >= 15 is 0 Å². The molecule has 280 valence electrons. The Morgan fingerprint density at radius 2 is 0.983 bits per heavy atom. The van der Waals surface area contributed by atoms with Gasteiger partial charge in [-0.15, -0.1) is 0 Å². The molecule has 0 radical (unpaired) electrons. The maximum absolute atomic E-state index is 2.47. The van der Waals surface area contributed by atoms with Gasteiger partial charge in [0.2, 0.25) is 0 Å². The predicted octanol–water partition coefficient (Wildman–Crippen LogP) is 15.2. The van der Waals surface area contributed by atoms with Gasteiger partial charge in [-0.2, -0.15) is 0 Å². The fourth-order valence-corrected chi connectivity index (χ4v) is 10.5. The highest BCUT2D eigenvalue weighted by Gasteiger charge is 2.25. The van der Waals surface area contributed by atoms with E-state index in [2.05, 4.69) is 221 Å². The van der Waals surface area contributed by atoms with E-state index in [-0.39, 0.29) is 5.92 Å². The number of para-hydroxylation sites is 3. The number of nitrogens with zero attached hydrogens (tertiary/aromatic N) is 2. The molecule has 2 aromatic heterocycles. The monoisotopic (exact) mass is 762 g/mol. The summed E-state index contributed by atoms with van der Waals surface area (Å²) in [4.78, 5) is 0. The van der Waals surface area contributed by atoms with Crippen LogP contribution in [0.1, 0.15) is 22.7 Å². The van der Waals surface area contributed by atoms with Crippen LogP contribution in [0, 0.1) is 0 Å². The fourth-order valence-electron chi connectivity index (χ4n) is 10.5. The topological polar surface area (TPSA) is 9.86 Å². The van der Waals surface area contributed by atoms with Gasteiger partial charge in [-0.05, 0) is 127 Å². The summed E-state index contributed by atoms with van der Waals surface area (Å²) in [5.74, 6) is 0.276. The highest BCUT2D eigenvalue weighted by Crippen LogP contribution is 2.49. The lowest BCUT2D eigenvalue weighted by atomic mass is 9.86. The molecule has 0 spiro atoms. The number of aromatic nitrogens is 2. The molecule has 1 atom stereocenters. The van der Waals surface area contributed by atoms with Gasteiger partial charge in [0.05, 0.1) is 16.6 Å². The molecule has 0 fully saturated rings. The number of hydrogen-bond donors (Lipinski definition) is 0. The molecule has 1 unspecified atom stereocenters. The Morgan fingerprint density at radius 1 is 0.367 bits per heavy atom. The van der Waals surface area contributed by atoms with E-state index in [9.17, 15) is 0 Å². The second-order valence-corrected chi connectivity index (χ2v) is 16.4. The Hall–Kier alpha value is -7.68. The average molecular weight is 763 g/mol. The zero-order valence-electron chi connectivity index (χ0n) is 32.9. The third kappa shape index (κ3) is 4.88. The molecular weight excluding hydrogens is 725 g/mol. The Morgan fingerprint density at radius 3 is 1.82 bits per heavy atom. The molecular formula is C58H38N2. The molecule has 2 nitrogen and oxygen atoms in total. The van der Waals surface area contributed by atoms with Gasteiger partial charge in [0.15, 0.2) is 0 Å². The molecule has 2 heteroatoms. The van der Waals surface area contributed by atoms with Gasteiger partial charge in [-0.1, -0.05) is 158 Å². The van der Waals surface area contributed by atoms with Crippen LogP contribution in [-0.2, 0) is 6.42 Å². The van der Waals surface area contributed by atoms with Crippen molar-refractivity contribution in [3.05, 3.63) is 223 Å². The van der Waals surface area contributed by atoms with Gasteiger partial charge in [0.25, 0.3) is 0 Å². The Bertz CT molecular complexity index is 3530. The summed E-state index contributed by atoms with van der Waals surface area (Å²) in [6, 6.07) is 73.9. The summed E-state index contributed by atoms with van der Waals surface area (Å²) in [5.41, 5.74) is 20.4. The van der Waals surface area contributed by atoms with Gasteiger partial charge in [0, 0.05) is 39.1 Å². The predicted molar refractivity (Wildman–Crippen MR) is 252 cm³/mol. The Labute approximate surface area is 348 Å². The average Bonchev–Trinajstić information content (AvgIpc) is 3.96. The lowest BCUT2D eigenvalue weighted by molar-refractivity contribution is 0.826. The van der Waals surface area contributed by atoms with Crippen LogP contribution in [0.2, 0.25) is 0 Å². The SMILES string of the molecule is C1=CC(c2ccc3c(c2)c2ccccc2n3-c2ccccc2)Cc2c1n(-c1cccc(-c3ccc(-c4ccc5c6c(cccc46)-c4ccccc4-5)cc3)c1)c1ccccc21. The molecule has 9 aromatic carbocycles. The maximum atomic E-state index is 2.47. The van der Waals surface area contributed by atoms with Crippen molar-refractivity contribution in [2.75, 3.05) is 0 Å². The van der Waals surface area contributed by atoms with Crippen molar-refractivity contribution >= 4 is 49.6 Å². The first kappa shape index (κ1) is 33.3. The highest BCUT2D eigenvalue weighted by atomic mass is 15.0. The van der Waals surface area contributed by atoms with Crippen LogP contribution >= 0.6 is 0 Å². The normalized spacial score (nSPS) is 14.0. The summed E-state index contributed by atoms with van der Waals surface area (Å²) in [6.07, 6.45) is 5.75. The van der Waals surface area contributed by atoms with Crippen LogP contribution in [-0.4, -0.2) is 9.13 Å². The van der Waals surface area contributed by atoms with Gasteiger partial charge >= 0.3 is 0 Å². The third-order valence-corrected chi connectivity index (χ3v) is 13.3. The summed E-state index contributed by atoms with van der Waals surface area (Å²) in [7, 11) is 0.